The molecule has 0 fully saturated rings. The summed E-state index contributed by atoms with van der Waals surface area (Å²) in [5.41, 5.74) is 0. The van der Waals surface area contributed by atoms with E-state index in [9.17, 15) is 22.8 Å². The number of hydrogen-bond donors (Lipinski definition) is 2. The SMILES string of the molecule is CC(C)N(CC(F)(F)F)C(=O)NC(C(=O)O)c1cccs1. The van der Waals surface area contributed by atoms with Crippen molar-refractivity contribution in [3.05, 3.63) is 22.4 Å². The number of amides is 2. The lowest BCUT2D eigenvalue weighted by Gasteiger charge is -2.29. The summed E-state index contributed by atoms with van der Waals surface area (Å²) in [7, 11) is 0. The molecule has 1 aromatic heterocycles. The molecule has 118 valence electrons. The van der Waals surface area contributed by atoms with Gasteiger partial charge in [-0.05, 0) is 25.3 Å². The molecule has 1 atom stereocenters. The molecular formula is C12H15F3N2O3S. The van der Waals surface area contributed by atoms with Gasteiger partial charge in [0.25, 0.3) is 0 Å². The molecule has 0 saturated carbocycles. The van der Waals surface area contributed by atoms with E-state index in [1.165, 1.54) is 19.9 Å². The molecule has 0 saturated heterocycles. The Labute approximate surface area is 123 Å². The van der Waals surface area contributed by atoms with Crippen molar-refractivity contribution in [2.24, 2.45) is 0 Å². The second kappa shape index (κ2) is 6.79. The number of alkyl halides is 3. The number of nitrogens with one attached hydrogen (secondary N) is 1. The molecule has 0 radical (unpaired) electrons. The van der Waals surface area contributed by atoms with Gasteiger partial charge in [0, 0.05) is 10.9 Å². The minimum Gasteiger partial charge on any atom is -0.479 e. The predicted octanol–water partition coefficient (Wildman–Crippen LogP) is 2.86. The van der Waals surface area contributed by atoms with Gasteiger partial charge in [0.15, 0.2) is 6.04 Å². The Balaban J connectivity index is 2.86. The van der Waals surface area contributed by atoms with Crippen LogP contribution < -0.4 is 5.32 Å². The number of carboxylic acid groups (broad SMARTS) is 1. The Morgan fingerprint density at radius 1 is 1.43 bits per heavy atom. The second-order valence-electron chi connectivity index (χ2n) is 4.57. The number of aliphatic carboxylic acids is 1. The molecule has 21 heavy (non-hydrogen) atoms. The van der Waals surface area contributed by atoms with Crippen molar-refractivity contribution in [1.82, 2.24) is 10.2 Å². The molecule has 0 bridgehead atoms. The Hall–Kier alpha value is -1.77. The molecule has 0 aliphatic rings. The van der Waals surface area contributed by atoms with Crippen LogP contribution in [0.1, 0.15) is 24.8 Å². The van der Waals surface area contributed by atoms with Crippen molar-refractivity contribution >= 4 is 23.3 Å². The summed E-state index contributed by atoms with van der Waals surface area (Å²) < 4.78 is 37.4. The first-order valence-electron chi connectivity index (χ1n) is 6.02. The highest BCUT2D eigenvalue weighted by Gasteiger charge is 2.35. The van der Waals surface area contributed by atoms with Crippen molar-refractivity contribution in [2.75, 3.05) is 6.54 Å². The van der Waals surface area contributed by atoms with Crippen LogP contribution >= 0.6 is 11.3 Å². The average Bonchev–Trinajstić information content (AvgIpc) is 2.84. The molecule has 9 heteroatoms. The highest BCUT2D eigenvalue weighted by molar-refractivity contribution is 7.10. The summed E-state index contributed by atoms with van der Waals surface area (Å²) in [6, 6.07) is -0.0647. The van der Waals surface area contributed by atoms with E-state index < -0.39 is 36.8 Å². The maximum atomic E-state index is 12.5. The minimum atomic E-state index is -4.55. The number of carbonyl (C=O) groups is 2. The topological polar surface area (TPSA) is 69.6 Å². The molecule has 1 rings (SSSR count). The second-order valence-corrected chi connectivity index (χ2v) is 5.55. The number of carbonyl (C=O) groups excluding carboxylic acids is 1. The standard InChI is InChI=1S/C12H15F3N2O3S/c1-7(2)17(6-12(13,14)15)11(20)16-9(10(18)19)8-4-3-5-21-8/h3-5,7,9H,6H2,1-2H3,(H,16,20)(H,18,19). The quantitative estimate of drug-likeness (QED) is 0.875. The van der Waals surface area contributed by atoms with Crippen LogP contribution in [0.2, 0.25) is 0 Å². The summed E-state index contributed by atoms with van der Waals surface area (Å²) in [4.78, 5) is 24.0. The van der Waals surface area contributed by atoms with Crippen LogP contribution in [0.15, 0.2) is 17.5 Å². The van der Waals surface area contributed by atoms with Gasteiger partial charge in [-0.2, -0.15) is 13.2 Å². The van der Waals surface area contributed by atoms with E-state index in [-0.39, 0.29) is 0 Å². The van der Waals surface area contributed by atoms with Crippen LogP contribution in [0.25, 0.3) is 0 Å². The number of nitrogens with zero attached hydrogens (tertiary/aromatic N) is 1. The monoisotopic (exact) mass is 324 g/mol. The number of hydrogen-bond acceptors (Lipinski definition) is 3. The molecule has 2 N–H and O–H groups in total. The number of rotatable bonds is 5. The molecule has 5 nitrogen and oxygen atoms in total. The molecule has 0 spiro atoms. The van der Waals surface area contributed by atoms with Gasteiger partial charge >= 0.3 is 18.2 Å². The zero-order valence-electron chi connectivity index (χ0n) is 11.3. The molecule has 1 heterocycles. The van der Waals surface area contributed by atoms with E-state index >= 15 is 0 Å². The fourth-order valence-electron chi connectivity index (χ4n) is 1.60. The molecule has 0 aliphatic heterocycles. The highest BCUT2D eigenvalue weighted by atomic mass is 32.1. The smallest absolute Gasteiger partial charge is 0.406 e. The van der Waals surface area contributed by atoms with E-state index in [0.717, 1.165) is 11.3 Å². The Morgan fingerprint density at radius 3 is 2.43 bits per heavy atom. The number of halogens is 3. The summed E-state index contributed by atoms with van der Waals surface area (Å²) in [6.07, 6.45) is -4.55. The summed E-state index contributed by atoms with van der Waals surface area (Å²) in [6.45, 7) is 1.41. The summed E-state index contributed by atoms with van der Waals surface area (Å²) >= 11 is 1.10. The first kappa shape index (κ1) is 17.3. The largest absolute Gasteiger partial charge is 0.479 e. The first-order chi connectivity index (χ1) is 9.61. The zero-order valence-corrected chi connectivity index (χ0v) is 12.2. The van der Waals surface area contributed by atoms with E-state index in [1.807, 2.05) is 0 Å². The normalized spacial score (nSPS) is 13.0. The van der Waals surface area contributed by atoms with E-state index in [2.05, 4.69) is 5.32 Å². The fourth-order valence-corrected chi connectivity index (χ4v) is 2.37. The summed E-state index contributed by atoms with van der Waals surface area (Å²) in [5, 5.41) is 12.8. The zero-order chi connectivity index (χ0) is 16.2. The van der Waals surface area contributed by atoms with Gasteiger partial charge in [0.05, 0.1) is 0 Å². The lowest BCUT2D eigenvalue weighted by atomic mass is 10.2. The Bertz CT molecular complexity index is 488. The minimum absolute atomic E-state index is 0.339. The van der Waals surface area contributed by atoms with Crippen molar-refractivity contribution in [3.8, 4) is 0 Å². The third-order valence-electron chi connectivity index (χ3n) is 2.58. The van der Waals surface area contributed by atoms with Crippen LogP contribution in [-0.2, 0) is 4.79 Å². The lowest BCUT2D eigenvalue weighted by Crippen LogP contribution is -2.50. The Morgan fingerprint density at radius 2 is 2.05 bits per heavy atom. The number of urea groups is 1. The molecule has 0 aliphatic carbocycles. The van der Waals surface area contributed by atoms with E-state index in [0.29, 0.717) is 9.78 Å². The maximum Gasteiger partial charge on any atom is 0.406 e. The number of carboxylic acids is 1. The van der Waals surface area contributed by atoms with Gasteiger partial charge in [0.1, 0.15) is 6.54 Å². The van der Waals surface area contributed by atoms with Gasteiger partial charge < -0.3 is 15.3 Å². The van der Waals surface area contributed by atoms with Gasteiger partial charge in [-0.15, -0.1) is 11.3 Å². The number of thiophene rings is 1. The van der Waals surface area contributed by atoms with Crippen LogP contribution in [0.4, 0.5) is 18.0 Å². The summed E-state index contributed by atoms with van der Waals surface area (Å²) in [5.74, 6) is -1.33. The van der Waals surface area contributed by atoms with Gasteiger partial charge in [-0.3, -0.25) is 0 Å². The Kier molecular flexibility index (Phi) is 5.59. The average molecular weight is 324 g/mol. The highest BCUT2D eigenvalue weighted by Crippen LogP contribution is 2.21. The molecule has 1 aromatic rings. The predicted molar refractivity (Wildman–Crippen MR) is 71.1 cm³/mol. The third-order valence-corrected chi connectivity index (χ3v) is 3.51. The third kappa shape index (κ3) is 5.25. The van der Waals surface area contributed by atoms with Crippen LogP contribution in [0.5, 0.6) is 0 Å². The maximum absolute atomic E-state index is 12.5. The van der Waals surface area contributed by atoms with Gasteiger partial charge in [-0.1, -0.05) is 6.07 Å². The van der Waals surface area contributed by atoms with Gasteiger partial charge in [-0.25, -0.2) is 9.59 Å². The van der Waals surface area contributed by atoms with Crippen molar-refractivity contribution in [1.29, 1.82) is 0 Å². The van der Waals surface area contributed by atoms with Crippen molar-refractivity contribution in [3.63, 3.8) is 0 Å². The van der Waals surface area contributed by atoms with Crippen LogP contribution in [0.3, 0.4) is 0 Å². The molecule has 1 unspecified atom stereocenters. The molecule has 2 amide bonds. The van der Waals surface area contributed by atoms with E-state index in [1.54, 1.807) is 11.4 Å². The molecule has 0 aromatic carbocycles. The fraction of sp³-hybridized carbons (Fsp3) is 0.500. The van der Waals surface area contributed by atoms with E-state index in [4.69, 9.17) is 5.11 Å². The van der Waals surface area contributed by atoms with Crippen molar-refractivity contribution < 1.29 is 27.9 Å². The first-order valence-corrected chi connectivity index (χ1v) is 6.90. The lowest BCUT2D eigenvalue weighted by molar-refractivity contribution is -0.143. The van der Waals surface area contributed by atoms with Gasteiger partial charge in [0.2, 0.25) is 0 Å². The van der Waals surface area contributed by atoms with Crippen LogP contribution in [0, 0.1) is 0 Å². The van der Waals surface area contributed by atoms with Crippen molar-refractivity contribution in [2.45, 2.75) is 32.1 Å². The molecular weight excluding hydrogens is 309 g/mol. The van der Waals surface area contributed by atoms with Crippen LogP contribution in [-0.4, -0.2) is 40.8 Å².